The van der Waals surface area contributed by atoms with Gasteiger partial charge in [-0.05, 0) is 37.8 Å². The van der Waals surface area contributed by atoms with Crippen LogP contribution >= 0.6 is 0 Å². The quantitative estimate of drug-likeness (QED) is 0.886. The lowest BCUT2D eigenvalue weighted by Crippen LogP contribution is -2.45. The van der Waals surface area contributed by atoms with E-state index in [2.05, 4.69) is 18.3 Å². The fourth-order valence-electron chi connectivity index (χ4n) is 4.66. The molecule has 2 heterocycles. The summed E-state index contributed by atoms with van der Waals surface area (Å²) in [6, 6.07) is 6.03. The van der Waals surface area contributed by atoms with Crippen LogP contribution in [0.2, 0.25) is 0 Å². The molecule has 26 heavy (non-hydrogen) atoms. The number of carbonyl (C=O) groups is 2. The molecule has 1 N–H and O–H groups in total. The molecule has 1 aliphatic carbocycles. The molecule has 1 aromatic rings. The van der Waals surface area contributed by atoms with Gasteiger partial charge in [0.2, 0.25) is 0 Å². The van der Waals surface area contributed by atoms with Crippen LogP contribution in [0.5, 0.6) is 0 Å². The topological polar surface area (TPSA) is 52.7 Å². The number of aryl methyl sites for hydroxylation is 2. The molecule has 4 rings (SSSR count). The zero-order chi connectivity index (χ0) is 18.4. The van der Waals surface area contributed by atoms with Crippen LogP contribution in [0.25, 0.3) is 0 Å². The van der Waals surface area contributed by atoms with Gasteiger partial charge >= 0.3 is 6.03 Å². The number of carbonyl (C=O) groups excluding carboxylic acids is 2. The van der Waals surface area contributed by atoms with E-state index >= 15 is 0 Å². The van der Waals surface area contributed by atoms with Gasteiger partial charge in [0, 0.05) is 13.1 Å². The lowest BCUT2D eigenvalue weighted by molar-refractivity contribution is -0.128. The summed E-state index contributed by atoms with van der Waals surface area (Å²) in [6.07, 6.45) is 5.79. The van der Waals surface area contributed by atoms with Crippen molar-refractivity contribution in [3.63, 3.8) is 0 Å². The van der Waals surface area contributed by atoms with Gasteiger partial charge in [-0.15, -0.1) is 0 Å². The second-order valence-corrected chi connectivity index (χ2v) is 7.89. The van der Waals surface area contributed by atoms with Gasteiger partial charge in [0.25, 0.3) is 5.91 Å². The number of nitrogens with one attached hydrogen (secondary N) is 1. The van der Waals surface area contributed by atoms with Crippen LogP contribution in [0.3, 0.4) is 0 Å². The van der Waals surface area contributed by atoms with Gasteiger partial charge in [-0.25, -0.2) is 4.79 Å². The number of urea groups is 1. The molecular weight excluding hydrogens is 326 g/mol. The van der Waals surface area contributed by atoms with Gasteiger partial charge in [0.05, 0.1) is 23.9 Å². The highest BCUT2D eigenvalue weighted by Crippen LogP contribution is 2.39. The molecule has 0 spiro atoms. The molecule has 0 aromatic heterocycles. The van der Waals surface area contributed by atoms with Crippen molar-refractivity contribution in [2.24, 2.45) is 0 Å². The third-order valence-electron chi connectivity index (χ3n) is 6.14. The van der Waals surface area contributed by atoms with Crippen molar-refractivity contribution in [1.29, 1.82) is 0 Å². The van der Waals surface area contributed by atoms with Gasteiger partial charge < -0.3 is 10.2 Å². The Bertz CT molecular complexity index is 792. The molecule has 3 aliphatic rings. The maximum absolute atomic E-state index is 13.3. The molecule has 1 unspecified atom stereocenters. The summed E-state index contributed by atoms with van der Waals surface area (Å²) in [5, 5.41) is 3.05. The van der Waals surface area contributed by atoms with E-state index in [9.17, 15) is 9.59 Å². The van der Waals surface area contributed by atoms with Gasteiger partial charge in [-0.1, -0.05) is 43.0 Å². The number of hydrogen-bond acceptors (Lipinski definition) is 2. The van der Waals surface area contributed by atoms with E-state index in [1.54, 1.807) is 11.9 Å². The van der Waals surface area contributed by atoms with Crippen LogP contribution in [0.4, 0.5) is 4.79 Å². The molecule has 3 amide bonds. The van der Waals surface area contributed by atoms with Crippen LogP contribution in [-0.4, -0.2) is 41.4 Å². The van der Waals surface area contributed by atoms with E-state index in [1.807, 2.05) is 24.0 Å². The lowest BCUT2D eigenvalue weighted by atomic mass is 9.91. The predicted molar refractivity (Wildman–Crippen MR) is 101 cm³/mol. The van der Waals surface area contributed by atoms with E-state index in [1.165, 1.54) is 24.8 Å². The summed E-state index contributed by atoms with van der Waals surface area (Å²) in [5.41, 5.74) is 4.93. The van der Waals surface area contributed by atoms with Crippen molar-refractivity contribution < 1.29 is 9.59 Å². The first-order valence-corrected chi connectivity index (χ1v) is 9.62. The standard InChI is InChI=1S/C21H27N3O2/c1-13-9-10-16(14(2)11-13)19-18-17(23(3)21(26)22-19)12-24(20(18)25)15-7-5-4-6-8-15/h9-11,15,19H,4-8,12H2,1-3H3,(H,22,26). The van der Waals surface area contributed by atoms with Crippen LogP contribution in [0.1, 0.15) is 54.8 Å². The first-order valence-electron chi connectivity index (χ1n) is 9.62. The highest BCUT2D eigenvalue weighted by Gasteiger charge is 2.45. The molecule has 0 bridgehead atoms. The normalized spacial score (nSPS) is 24.2. The van der Waals surface area contributed by atoms with Crippen LogP contribution < -0.4 is 5.32 Å². The van der Waals surface area contributed by atoms with E-state index < -0.39 is 0 Å². The third-order valence-corrected chi connectivity index (χ3v) is 6.14. The summed E-state index contributed by atoms with van der Waals surface area (Å²) in [4.78, 5) is 29.5. The second-order valence-electron chi connectivity index (χ2n) is 7.89. The molecule has 1 saturated carbocycles. The zero-order valence-corrected chi connectivity index (χ0v) is 15.8. The van der Waals surface area contributed by atoms with Crippen LogP contribution in [0, 0.1) is 13.8 Å². The molecule has 5 nitrogen and oxygen atoms in total. The van der Waals surface area contributed by atoms with Gasteiger partial charge in [-0.2, -0.15) is 0 Å². The summed E-state index contributed by atoms with van der Waals surface area (Å²) in [6.45, 7) is 4.66. The average molecular weight is 353 g/mol. The SMILES string of the molecule is Cc1ccc(C2NC(=O)N(C)C3=C2C(=O)N(C2CCCCC2)C3)c(C)c1. The monoisotopic (exact) mass is 353 g/mol. The fourth-order valence-corrected chi connectivity index (χ4v) is 4.66. The summed E-state index contributed by atoms with van der Waals surface area (Å²) in [7, 11) is 1.76. The minimum absolute atomic E-state index is 0.101. The molecule has 0 saturated heterocycles. The van der Waals surface area contributed by atoms with Crippen molar-refractivity contribution in [1.82, 2.24) is 15.1 Å². The number of hydrogen-bond donors (Lipinski definition) is 1. The molecular formula is C21H27N3O2. The Balaban J connectivity index is 1.72. The Morgan fingerprint density at radius 2 is 1.81 bits per heavy atom. The highest BCUT2D eigenvalue weighted by atomic mass is 16.2. The molecule has 5 heteroatoms. The van der Waals surface area contributed by atoms with Gasteiger partial charge in [0.15, 0.2) is 0 Å². The Morgan fingerprint density at radius 1 is 1.08 bits per heavy atom. The molecule has 2 aliphatic heterocycles. The van der Waals surface area contributed by atoms with Crippen molar-refractivity contribution in [2.45, 2.75) is 58.0 Å². The third kappa shape index (κ3) is 2.70. The minimum atomic E-state index is -0.351. The van der Waals surface area contributed by atoms with E-state index in [0.29, 0.717) is 12.6 Å². The van der Waals surface area contributed by atoms with E-state index in [0.717, 1.165) is 35.2 Å². The molecule has 1 atom stereocenters. The van der Waals surface area contributed by atoms with Gasteiger partial charge in [-0.3, -0.25) is 9.69 Å². The minimum Gasteiger partial charge on any atom is -0.330 e. The molecule has 1 fully saturated rings. The van der Waals surface area contributed by atoms with Crippen molar-refractivity contribution in [3.05, 3.63) is 46.2 Å². The smallest absolute Gasteiger partial charge is 0.322 e. The lowest BCUT2D eigenvalue weighted by Gasteiger charge is -2.31. The fraction of sp³-hybridized carbons (Fsp3) is 0.524. The average Bonchev–Trinajstić information content (AvgIpc) is 2.97. The first-order chi connectivity index (χ1) is 12.5. The number of benzene rings is 1. The number of likely N-dealkylation sites (N-methyl/N-ethyl adjacent to an activating group) is 1. The maximum Gasteiger partial charge on any atom is 0.322 e. The summed E-state index contributed by atoms with van der Waals surface area (Å²) in [5.74, 6) is 0.101. The van der Waals surface area contributed by atoms with Crippen molar-refractivity contribution in [3.8, 4) is 0 Å². The number of amides is 3. The molecule has 138 valence electrons. The number of rotatable bonds is 2. The summed E-state index contributed by atoms with van der Waals surface area (Å²) < 4.78 is 0. The Labute approximate surface area is 155 Å². The Morgan fingerprint density at radius 3 is 2.50 bits per heavy atom. The predicted octanol–water partition coefficient (Wildman–Crippen LogP) is 3.43. The van der Waals surface area contributed by atoms with E-state index in [-0.39, 0.29) is 18.0 Å². The summed E-state index contributed by atoms with van der Waals surface area (Å²) >= 11 is 0. The largest absolute Gasteiger partial charge is 0.330 e. The van der Waals surface area contributed by atoms with E-state index in [4.69, 9.17) is 0 Å². The molecule has 1 aromatic carbocycles. The Hall–Kier alpha value is -2.30. The number of nitrogens with zero attached hydrogens (tertiary/aromatic N) is 2. The second kappa shape index (κ2) is 6.45. The van der Waals surface area contributed by atoms with Crippen LogP contribution in [0.15, 0.2) is 29.5 Å². The van der Waals surface area contributed by atoms with Crippen molar-refractivity contribution >= 4 is 11.9 Å². The highest BCUT2D eigenvalue weighted by molar-refractivity contribution is 6.01. The zero-order valence-electron chi connectivity index (χ0n) is 15.8. The van der Waals surface area contributed by atoms with Gasteiger partial charge in [0.1, 0.15) is 0 Å². The Kier molecular flexibility index (Phi) is 4.25. The maximum atomic E-state index is 13.3. The first kappa shape index (κ1) is 17.1. The molecule has 0 radical (unpaired) electrons. The van der Waals surface area contributed by atoms with Crippen LogP contribution in [-0.2, 0) is 4.79 Å². The van der Waals surface area contributed by atoms with Crippen molar-refractivity contribution in [2.75, 3.05) is 13.6 Å².